The van der Waals surface area contributed by atoms with Gasteiger partial charge in [0.25, 0.3) is 0 Å². The lowest BCUT2D eigenvalue weighted by molar-refractivity contribution is 0.282. The van der Waals surface area contributed by atoms with Crippen molar-refractivity contribution in [2.45, 2.75) is 27.0 Å². The summed E-state index contributed by atoms with van der Waals surface area (Å²) in [5.41, 5.74) is 1.98. The Morgan fingerprint density at radius 1 is 1.20 bits per heavy atom. The number of nitrogens with zero attached hydrogens (tertiary/aromatic N) is 2. The van der Waals surface area contributed by atoms with Crippen molar-refractivity contribution in [2.75, 3.05) is 23.3 Å². The predicted molar refractivity (Wildman–Crippen MR) is 85.4 cm³/mol. The molecule has 0 saturated heterocycles. The van der Waals surface area contributed by atoms with Gasteiger partial charge in [-0.1, -0.05) is 12.1 Å². The van der Waals surface area contributed by atoms with Crippen LogP contribution in [0.3, 0.4) is 0 Å². The average Bonchev–Trinajstić information content (AvgIpc) is 2.96. The summed E-state index contributed by atoms with van der Waals surface area (Å²) in [7, 11) is 0. The summed E-state index contributed by atoms with van der Waals surface area (Å²) in [5.74, 6) is 0. The third kappa shape index (κ3) is 3.71. The SMILES string of the molecule is CCN(CC)c1ncc(CNc2ccc(CO)cc2)s1. The second-order valence-electron chi connectivity index (χ2n) is 4.49. The van der Waals surface area contributed by atoms with Crippen molar-refractivity contribution in [2.24, 2.45) is 0 Å². The molecule has 1 aromatic heterocycles. The van der Waals surface area contributed by atoms with Gasteiger partial charge in [-0.25, -0.2) is 4.98 Å². The second kappa shape index (κ2) is 7.26. The van der Waals surface area contributed by atoms with Crippen molar-refractivity contribution in [1.29, 1.82) is 0 Å². The monoisotopic (exact) mass is 291 g/mol. The maximum absolute atomic E-state index is 9.01. The Balaban J connectivity index is 1.93. The molecule has 1 heterocycles. The molecule has 4 nitrogen and oxygen atoms in total. The molecule has 0 saturated carbocycles. The van der Waals surface area contributed by atoms with E-state index in [9.17, 15) is 0 Å². The molecule has 0 fully saturated rings. The van der Waals surface area contributed by atoms with Crippen molar-refractivity contribution in [3.8, 4) is 0 Å². The third-order valence-electron chi connectivity index (χ3n) is 3.18. The molecule has 0 aliphatic rings. The van der Waals surface area contributed by atoms with Crippen LogP contribution in [0.4, 0.5) is 10.8 Å². The van der Waals surface area contributed by atoms with Crippen LogP contribution < -0.4 is 10.2 Å². The number of aliphatic hydroxyl groups is 1. The molecule has 0 radical (unpaired) electrons. The zero-order valence-corrected chi connectivity index (χ0v) is 12.8. The van der Waals surface area contributed by atoms with Gasteiger partial charge in [-0.15, -0.1) is 11.3 Å². The summed E-state index contributed by atoms with van der Waals surface area (Å²) in [6, 6.07) is 7.82. The minimum absolute atomic E-state index is 0.0857. The maximum Gasteiger partial charge on any atom is 0.185 e. The lowest BCUT2D eigenvalue weighted by Gasteiger charge is -2.16. The maximum atomic E-state index is 9.01. The number of hydrogen-bond acceptors (Lipinski definition) is 5. The van der Waals surface area contributed by atoms with Gasteiger partial charge in [0.2, 0.25) is 0 Å². The zero-order chi connectivity index (χ0) is 14.4. The van der Waals surface area contributed by atoms with Crippen molar-refractivity contribution >= 4 is 22.2 Å². The summed E-state index contributed by atoms with van der Waals surface area (Å²) in [4.78, 5) is 7.94. The topological polar surface area (TPSA) is 48.4 Å². The second-order valence-corrected chi connectivity index (χ2v) is 5.58. The molecule has 0 spiro atoms. The van der Waals surface area contributed by atoms with Crippen LogP contribution in [-0.2, 0) is 13.2 Å². The van der Waals surface area contributed by atoms with E-state index in [4.69, 9.17) is 5.11 Å². The van der Waals surface area contributed by atoms with E-state index in [2.05, 4.69) is 29.0 Å². The van der Waals surface area contributed by atoms with Gasteiger partial charge < -0.3 is 15.3 Å². The Hall–Kier alpha value is -1.59. The fraction of sp³-hybridized carbons (Fsp3) is 0.400. The molecule has 20 heavy (non-hydrogen) atoms. The highest BCUT2D eigenvalue weighted by Crippen LogP contribution is 2.23. The number of thiazole rings is 1. The Kier molecular flexibility index (Phi) is 5.38. The normalized spacial score (nSPS) is 10.6. The average molecular weight is 291 g/mol. The summed E-state index contributed by atoms with van der Waals surface area (Å²) in [6.07, 6.45) is 1.94. The van der Waals surface area contributed by atoms with Gasteiger partial charge in [0.15, 0.2) is 5.13 Å². The molecule has 2 aromatic rings. The van der Waals surface area contributed by atoms with E-state index in [1.54, 1.807) is 11.3 Å². The number of benzene rings is 1. The minimum Gasteiger partial charge on any atom is -0.392 e. The first kappa shape index (κ1) is 14.8. The van der Waals surface area contributed by atoms with Crippen LogP contribution >= 0.6 is 11.3 Å². The molecule has 2 N–H and O–H groups in total. The van der Waals surface area contributed by atoms with Crippen LogP contribution in [0.5, 0.6) is 0 Å². The lowest BCUT2D eigenvalue weighted by Crippen LogP contribution is -2.21. The molecular formula is C15H21N3OS. The van der Waals surface area contributed by atoms with Crippen LogP contribution in [0, 0.1) is 0 Å². The van der Waals surface area contributed by atoms with Gasteiger partial charge >= 0.3 is 0 Å². The third-order valence-corrected chi connectivity index (χ3v) is 4.24. The van der Waals surface area contributed by atoms with Crippen molar-refractivity contribution in [3.05, 3.63) is 40.9 Å². The van der Waals surface area contributed by atoms with E-state index < -0.39 is 0 Å². The molecule has 0 unspecified atom stereocenters. The first-order chi connectivity index (χ1) is 9.76. The number of aliphatic hydroxyl groups excluding tert-OH is 1. The number of aromatic nitrogens is 1. The number of anilines is 2. The van der Waals surface area contributed by atoms with Crippen LogP contribution in [0.15, 0.2) is 30.5 Å². The molecule has 0 atom stereocenters. The molecule has 2 rings (SSSR count). The Morgan fingerprint density at radius 3 is 2.50 bits per heavy atom. The first-order valence-corrected chi connectivity index (χ1v) is 7.71. The Labute approximate surface area is 124 Å². The number of hydrogen-bond donors (Lipinski definition) is 2. The zero-order valence-electron chi connectivity index (χ0n) is 12.0. The van der Waals surface area contributed by atoms with Gasteiger partial charge in [0.1, 0.15) is 0 Å². The fourth-order valence-corrected chi connectivity index (χ4v) is 2.91. The highest BCUT2D eigenvalue weighted by atomic mass is 32.1. The molecule has 0 aliphatic heterocycles. The highest BCUT2D eigenvalue weighted by molar-refractivity contribution is 7.15. The van der Waals surface area contributed by atoms with Gasteiger partial charge in [0.05, 0.1) is 13.2 Å². The molecule has 0 bridgehead atoms. The summed E-state index contributed by atoms with van der Waals surface area (Å²) >= 11 is 1.73. The molecule has 0 amide bonds. The van der Waals surface area contributed by atoms with E-state index >= 15 is 0 Å². The molecule has 1 aromatic carbocycles. The minimum atomic E-state index is 0.0857. The fourth-order valence-electron chi connectivity index (χ4n) is 1.94. The van der Waals surface area contributed by atoms with Gasteiger partial charge in [-0.3, -0.25) is 0 Å². The van der Waals surface area contributed by atoms with Gasteiger partial charge in [-0.2, -0.15) is 0 Å². The van der Waals surface area contributed by atoms with E-state index in [0.717, 1.165) is 36.0 Å². The van der Waals surface area contributed by atoms with Crippen LogP contribution in [0.1, 0.15) is 24.3 Å². The molecule has 108 valence electrons. The molecule has 0 aliphatic carbocycles. The molecule has 5 heteroatoms. The smallest absolute Gasteiger partial charge is 0.185 e. The van der Waals surface area contributed by atoms with Crippen LogP contribution in [0.2, 0.25) is 0 Å². The van der Waals surface area contributed by atoms with E-state index in [0.29, 0.717) is 0 Å². The summed E-state index contributed by atoms with van der Waals surface area (Å²) in [5, 5.41) is 13.5. The van der Waals surface area contributed by atoms with E-state index in [1.807, 2.05) is 30.5 Å². The van der Waals surface area contributed by atoms with Crippen LogP contribution in [0.25, 0.3) is 0 Å². The summed E-state index contributed by atoms with van der Waals surface area (Å²) in [6.45, 7) is 7.12. The largest absolute Gasteiger partial charge is 0.392 e. The highest BCUT2D eigenvalue weighted by Gasteiger charge is 2.07. The van der Waals surface area contributed by atoms with Crippen LogP contribution in [-0.4, -0.2) is 23.2 Å². The van der Waals surface area contributed by atoms with Crippen molar-refractivity contribution < 1.29 is 5.11 Å². The molecular weight excluding hydrogens is 270 g/mol. The van der Waals surface area contributed by atoms with E-state index in [-0.39, 0.29) is 6.61 Å². The standard InChI is InChI=1S/C15H21N3OS/c1-3-18(4-2)15-17-10-14(20-15)9-16-13-7-5-12(11-19)6-8-13/h5-8,10,16,19H,3-4,9,11H2,1-2H3. The Morgan fingerprint density at radius 2 is 1.90 bits per heavy atom. The van der Waals surface area contributed by atoms with Gasteiger partial charge in [-0.05, 0) is 31.5 Å². The lowest BCUT2D eigenvalue weighted by atomic mass is 10.2. The Bertz CT molecular complexity index is 520. The van der Waals surface area contributed by atoms with Crippen molar-refractivity contribution in [1.82, 2.24) is 4.98 Å². The number of rotatable bonds is 7. The summed E-state index contributed by atoms with van der Waals surface area (Å²) < 4.78 is 0. The number of nitrogens with one attached hydrogen (secondary N) is 1. The predicted octanol–water partition coefficient (Wildman–Crippen LogP) is 3.09. The quantitative estimate of drug-likeness (QED) is 0.823. The van der Waals surface area contributed by atoms with E-state index in [1.165, 1.54) is 4.88 Å². The van der Waals surface area contributed by atoms with Gasteiger partial charge in [0, 0.05) is 29.9 Å². The van der Waals surface area contributed by atoms with Crippen molar-refractivity contribution in [3.63, 3.8) is 0 Å². The first-order valence-electron chi connectivity index (χ1n) is 6.90.